The van der Waals surface area contributed by atoms with Gasteiger partial charge in [0.2, 0.25) is 0 Å². The molecule has 1 aromatic carbocycles. The number of hydrogen-bond acceptors (Lipinski definition) is 2. The summed E-state index contributed by atoms with van der Waals surface area (Å²) in [5.41, 5.74) is 0.638. The number of carbonyl (C=O) groups excluding carboxylic acids is 1. The minimum absolute atomic E-state index is 0.0487. The summed E-state index contributed by atoms with van der Waals surface area (Å²) < 4.78 is 0. The summed E-state index contributed by atoms with van der Waals surface area (Å²) in [6.45, 7) is 2.73. The summed E-state index contributed by atoms with van der Waals surface area (Å²) in [4.78, 5) is 12.2. The molecule has 0 aliphatic heterocycles. The van der Waals surface area contributed by atoms with Crippen LogP contribution in [0.25, 0.3) is 0 Å². The third-order valence-corrected chi connectivity index (χ3v) is 2.07. The molecular formula is C10H13NOS. The van der Waals surface area contributed by atoms with Crippen LogP contribution in [0.15, 0.2) is 29.2 Å². The maximum Gasteiger partial charge on any atom is 0.252 e. The average Bonchev–Trinajstić information content (AvgIpc) is 2.15. The molecule has 1 aromatic rings. The highest BCUT2D eigenvalue weighted by Crippen LogP contribution is 2.12. The molecule has 0 saturated carbocycles. The van der Waals surface area contributed by atoms with Crippen LogP contribution in [0.4, 0.5) is 0 Å². The Morgan fingerprint density at radius 3 is 2.77 bits per heavy atom. The summed E-state index contributed by atoms with van der Waals surface area (Å²) in [6.07, 6.45) is 0.945. The summed E-state index contributed by atoms with van der Waals surface area (Å²) >= 11 is 4.20. The largest absolute Gasteiger partial charge is 0.352 e. The lowest BCUT2D eigenvalue weighted by Crippen LogP contribution is -2.24. The number of thiol groups is 1. The maximum absolute atomic E-state index is 11.5. The molecule has 0 radical (unpaired) electrons. The van der Waals surface area contributed by atoms with Crippen LogP contribution in [0.3, 0.4) is 0 Å². The summed E-state index contributed by atoms with van der Waals surface area (Å²) in [7, 11) is 0. The molecule has 1 amide bonds. The Hall–Kier alpha value is -0.960. The van der Waals surface area contributed by atoms with Gasteiger partial charge in [0.15, 0.2) is 0 Å². The van der Waals surface area contributed by atoms with Gasteiger partial charge in [-0.2, -0.15) is 0 Å². The third kappa shape index (κ3) is 2.77. The van der Waals surface area contributed by atoms with E-state index in [4.69, 9.17) is 0 Å². The smallest absolute Gasteiger partial charge is 0.252 e. The monoisotopic (exact) mass is 195 g/mol. The van der Waals surface area contributed by atoms with Crippen molar-refractivity contribution in [3.63, 3.8) is 0 Å². The number of carbonyl (C=O) groups is 1. The highest BCUT2D eigenvalue weighted by atomic mass is 32.1. The Kier molecular flexibility index (Phi) is 3.83. The molecule has 1 rings (SSSR count). The van der Waals surface area contributed by atoms with Crippen molar-refractivity contribution in [1.29, 1.82) is 0 Å². The Bertz CT molecular complexity index is 299. The molecule has 70 valence electrons. The van der Waals surface area contributed by atoms with Gasteiger partial charge >= 0.3 is 0 Å². The zero-order chi connectivity index (χ0) is 9.68. The molecule has 0 aliphatic carbocycles. The van der Waals surface area contributed by atoms with E-state index in [2.05, 4.69) is 17.9 Å². The molecule has 2 nitrogen and oxygen atoms in total. The predicted octanol–water partition coefficient (Wildman–Crippen LogP) is 2.12. The first-order valence-electron chi connectivity index (χ1n) is 4.32. The van der Waals surface area contributed by atoms with Crippen molar-refractivity contribution >= 4 is 18.5 Å². The average molecular weight is 195 g/mol. The van der Waals surface area contributed by atoms with Gasteiger partial charge in [-0.25, -0.2) is 0 Å². The second-order valence-electron chi connectivity index (χ2n) is 2.77. The molecule has 1 N–H and O–H groups in total. The molecule has 0 spiro atoms. The molecule has 0 saturated heterocycles. The van der Waals surface area contributed by atoms with Crippen LogP contribution in [-0.2, 0) is 0 Å². The molecule has 0 heterocycles. The van der Waals surface area contributed by atoms with E-state index in [-0.39, 0.29) is 5.91 Å². The number of amides is 1. The van der Waals surface area contributed by atoms with Gasteiger partial charge in [-0.1, -0.05) is 19.1 Å². The molecule has 0 unspecified atom stereocenters. The number of hydrogen-bond donors (Lipinski definition) is 2. The normalized spacial score (nSPS) is 9.69. The fourth-order valence-corrected chi connectivity index (χ4v) is 1.26. The number of nitrogens with one attached hydrogen (secondary N) is 1. The van der Waals surface area contributed by atoms with E-state index in [1.807, 2.05) is 25.1 Å². The first kappa shape index (κ1) is 10.1. The van der Waals surface area contributed by atoms with Crippen molar-refractivity contribution in [2.45, 2.75) is 18.2 Å². The summed E-state index contributed by atoms with van der Waals surface area (Å²) in [5, 5.41) is 2.80. The molecule has 13 heavy (non-hydrogen) atoms. The van der Waals surface area contributed by atoms with Crippen LogP contribution in [0.5, 0.6) is 0 Å². The quantitative estimate of drug-likeness (QED) is 0.711. The van der Waals surface area contributed by atoms with E-state index in [0.29, 0.717) is 12.1 Å². The SMILES string of the molecule is CCCNC(=O)c1ccccc1S. The lowest BCUT2D eigenvalue weighted by atomic mass is 10.2. The maximum atomic E-state index is 11.5. The van der Waals surface area contributed by atoms with E-state index in [1.165, 1.54) is 0 Å². The Morgan fingerprint density at radius 2 is 2.15 bits per heavy atom. The van der Waals surface area contributed by atoms with Gasteiger partial charge in [-0.15, -0.1) is 12.6 Å². The van der Waals surface area contributed by atoms with Crippen LogP contribution in [-0.4, -0.2) is 12.5 Å². The molecule has 0 bridgehead atoms. The standard InChI is InChI=1S/C10H13NOS/c1-2-7-11-10(12)8-5-3-4-6-9(8)13/h3-6,13H,2,7H2,1H3,(H,11,12). The van der Waals surface area contributed by atoms with Crippen LogP contribution < -0.4 is 5.32 Å². The second kappa shape index (κ2) is 4.92. The van der Waals surface area contributed by atoms with Crippen molar-refractivity contribution in [3.8, 4) is 0 Å². The van der Waals surface area contributed by atoms with Crippen LogP contribution in [0, 0.1) is 0 Å². The Morgan fingerprint density at radius 1 is 1.46 bits per heavy atom. The lowest BCUT2D eigenvalue weighted by Gasteiger charge is -2.04. The Labute approximate surface area is 83.8 Å². The number of rotatable bonds is 3. The van der Waals surface area contributed by atoms with Gasteiger partial charge in [0, 0.05) is 11.4 Å². The van der Waals surface area contributed by atoms with Crippen LogP contribution in [0.2, 0.25) is 0 Å². The van der Waals surface area contributed by atoms with E-state index >= 15 is 0 Å². The Balaban J connectivity index is 2.71. The predicted molar refractivity (Wildman–Crippen MR) is 56.3 cm³/mol. The van der Waals surface area contributed by atoms with E-state index in [0.717, 1.165) is 11.3 Å². The van der Waals surface area contributed by atoms with Gasteiger partial charge in [0.25, 0.3) is 5.91 Å². The summed E-state index contributed by atoms with van der Waals surface area (Å²) in [5.74, 6) is -0.0487. The van der Waals surface area contributed by atoms with Gasteiger partial charge < -0.3 is 5.32 Å². The van der Waals surface area contributed by atoms with E-state index in [1.54, 1.807) is 6.07 Å². The van der Waals surface area contributed by atoms with Gasteiger partial charge in [-0.3, -0.25) is 4.79 Å². The van der Waals surface area contributed by atoms with Gasteiger partial charge in [0.1, 0.15) is 0 Å². The third-order valence-electron chi connectivity index (χ3n) is 1.68. The molecule has 0 aliphatic rings. The highest BCUT2D eigenvalue weighted by molar-refractivity contribution is 7.80. The van der Waals surface area contributed by atoms with Crippen molar-refractivity contribution < 1.29 is 4.79 Å². The summed E-state index contributed by atoms with van der Waals surface area (Å²) in [6, 6.07) is 7.27. The van der Waals surface area contributed by atoms with Crippen molar-refractivity contribution in [2.75, 3.05) is 6.54 Å². The molecular weight excluding hydrogens is 182 g/mol. The first-order valence-corrected chi connectivity index (χ1v) is 4.76. The first-order chi connectivity index (χ1) is 6.25. The highest BCUT2D eigenvalue weighted by Gasteiger charge is 2.06. The second-order valence-corrected chi connectivity index (χ2v) is 3.25. The molecule has 3 heteroatoms. The minimum atomic E-state index is -0.0487. The topological polar surface area (TPSA) is 29.1 Å². The molecule has 0 fully saturated rings. The fraction of sp³-hybridized carbons (Fsp3) is 0.300. The zero-order valence-corrected chi connectivity index (χ0v) is 8.47. The van der Waals surface area contributed by atoms with Crippen LogP contribution >= 0.6 is 12.6 Å². The van der Waals surface area contributed by atoms with Gasteiger partial charge in [0.05, 0.1) is 5.56 Å². The molecule has 0 atom stereocenters. The lowest BCUT2D eigenvalue weighted by molar-refractivity contribution is 0.0951. The van der Waals surface area contributed by atoms with E-state index < -0.39 is 0 Å². The van der Waals surface area contributed by atoms with Crippen molar-refractivity contribution in [1.82, 2.24) is 5.32 Å². The molecule has 0 aromatic heterocycles. The van der Waals surface area contributed by atoms with Gasteiger partial charge in [-0.05, 0) is 18.6 Å². The zero-order valence-electron chi connectivity index (χ0n) is 7.58. The fourth-order valence-electron chi connectivity index (χ4n) is 0.999. The van der Waals surface area contributed by atoms with Crippen molar-refractivity contribution in [3.05, 3.63) is 29.8 Å². The van der Waals surface area contributed by atoms with Crippen molar-refractivity contribution in [2.24, 2.45) is 0 Å². The minimum Gasteiger partial charge on any atom is -0.352 e. The van der Waals surface area contributed by atoms with E-state index in [9.17, 15) is 4.79 Å². The number of benzene rings is 1. The van der Waals surface area contributed by atoms with Crippen LogP contribution in [0.1, 0.15) is 23.7 Å².